The van der Waals surface area contributed by atoms with Gasteiger partial charge in [-0.3, -0.25) is 4.79 Å². The van der Waals surface area contributed by atoms with Crippen molar-refractivity contribution in [1.29, 1.82) is 0 Å². The molecule has 0 saturated carbocycles. The lowest BCUT2D eigenvalue weighted by Gasteiger charge is -2.28. The Morgan fingerprint density at radius 3 is 1.91 bits per heavy atom. The minimum atomic E-state index is -2.27. The van der Waals surface area contributed by atoms with Crippen molar-refractivity contribution in [3.63, 3.8) is 0 Å². The smallest absolute Gasteiger partial charge is 0.316 e. The monoisotopic (exact) mass is 325 g/mol. The van der Waals surface area contributed by atoms with Gasteiger partial charge in [0.05, 0.1) is 12.0 Å². The van der Waals surface area contributed by atoms with Gasteiger partial charge in [-0.1, -0.05) is 0 Å². The first-order valence-electron chi connectivity index (χ1n) is 6.61. The van der Waals surface area contributed by atoms with Gasteiger partial charge in [0.15, 0.2) is 23.3 Å². The fraction of sp³-hybridized carbons (Fsp3) is 0.500. The molecule has 0 aromatic heterocycles. The van der Waals surface area contributed by atoms with Crippen LogP contribution in [0.2, 0.25) is 0 Å². The third-order valence-electron chi connectivity index (χ3n) is 3.37. The molecular weight excluding hydrogens is 309 g/mol. The number of esters is 1. The first kappa shape index (κ1) is 18.3. The van der Waals surface area contributed by atoms with E-state index in [1.807, 2.05) is 0 Å². The first-order valence-corrected chi connectivity index (χ1v) is 6.61. The summed E-state index contributed by atoms with van der Waals surface area (Å²) in [5.74, 6) is -11.6. The van der Waals surface area contributed by atoms with Gasteiger partial charge in [-0.25, -0.2) is 22.0 Å². The highest BCUT2D eigenvalue weighted by Crippen LogP contribution is 2.37. The number of carbonyl (C=O) groups excluding carboxylic acids is 1. The molecule has 1 rings (SSSR count). The molecule has 3 nitrogen and oxygen atoms in total. The zero-order valence-corrected chi connectivity index (χ0v) is 12.1. The van der Waals surface area contributed by atoms with Crippen LogP contribution in [0.15, 0.2) is 0 Å². The summed E-state index contributed by atoms with van der Waals surface area (Å²) in [6.45, 7) is 2.50. The van der Waals surface area contributed by atoms with Crippen molar-refractivity contribution in [2.24, 2.45) is 5.73 Å². The highest BCUT2D eigenvalue weighted by Gasteiger charge is 2.44. The molecule has 1 atom stereocenters. The summed E-state index contributed by atoms with van der Waals surface area (Å²) in [6.07, 6.45) is -0.0878. The van der Waals surface area contributed by atoms with Gasteiger partial charge in [0.1, 0.15) is 0 Å². The molecule has 1 unspecified atom stereocenters. The molecule has 124 valence electrons. The van der Waals surface area contributed by atoms with E-state index in [0.29, 0.717) is 0 Å². The molecule has 0 fully saturated rings. The SMILES string of the molecule is CCOC(=O)C(C)(CCCN)c1c(F)c(F)c(F)c(F)c1F. The topological polar surface area (TPSA) is 52.3 Å². The summed E-state index contributed by atoms with van der Waals surface area (Å²) < 4.78 is 72.5. The number of benzene rings is 1. The van der Waals surface area contributed by atoms with Gasteiger partial charge in [0, 0.05) is 5.56 Å². The van der Waals surface area contributed by atoms with Crippen LogP contribution < -0.4 is 5.73 Å². The van der Waals surface area contributed by atoms with E-state index in [-0.39, 0.29) is 26.0 Å². The molecule has 2 N–H and O–H groups in total. The summed E-state index contributed by atoms with van der Waals surface area (Å²) in [5.41, 5.74) is 2.07. The predicted octanol–water partition coefficient (Wildman–Crippen LogP) is 2.94. The predicted molar refractivity (Wildman–Crippen MR) is 68.5 cm³/mol. The third kappa shape index (κ3) is 3.06. The van der Waals surface area contributed by atoms with E-state index in [1.54, 1.807) is 0 Å². The first-order chi connectivity index (χ1) is 10.2. The van der Waals surface area contributed by atoms with Crippen LogP contribution in [-0.4, -0.2) is 19.1 Å². The lowest BCUT2D eigenvalue weighted by Crippen LogP contribution is -2.38. The van der Waals surface area contributed by atoms with Gasteiger partial charge >= 0.3 is 5.97 Å². The molecule has 0 heterocycles. The quantitative estimate of drug-likeness (QED) is 0.379. The highest BCUT2D eigenvalue weighted by atomic mass is 19.2. The van der Waals surface area contributed by atoms with Crippen LogP contribution >= 0.6 is 0 Å². The molecule has 0 amide bonds. The van der Waals surface area contributed by atoms with Gasteiger partial charge in [-0.15, -0.1) is 0 Å². The lowest BCUT2D eigenvalue weighted by atomic mass is 9.77. The van der Waals surface area contributed by atoms with E-state index in [0.717, 1.165) is 6.92 Å². The normalized spacial score (nSPS) is 13.8. The molecule has 0 saturated heterocycles. The maximum atomic E-state index is 14.0. The number of ether oxygens (including phenoxy) is 1. The van der Waals surface area contributed by atoms with Crippen molar-refractivity contribution in [2.45, 2.75) is 32.1 Å². The zero-order valence-electron chi connectivity index (χ0n) is 12.1. The molecule has 0 spiro atoms. The van der Waals surface area contributed by atoms with Gasteiger partial charge in [-0.05, 0) is 33.2 Å². The molecule has 0 radical (unpaired) electrons. The Morgan fingerprint density at radius 2 is 1.50 bits per heavy atom. The summed E-state index contributed by atoms with van der Waals surface area (Å²) >= 11 is 0. The second kappa shape index (κ2) is 7.04. The maximum absolute atomic E-state index is 14.0. The number of rotatable bonds is 6. The van der Waals surface area contributed by atoms with E-state index < -0.39 is 46.0 Å². The number of hydrogen-bond acceptors (Lipinski definition) is 3. The van der Waals surface area contributed by atoms with Crippen LogP contribution in [0.4, 0.5) is 22.0 Å². The van der Waals surface area contributed by atoms with E-state index >= 15 is 0 Å². The van der Waals surface area contributed by atoms with Crippen LogP contribution in [0, 0.1) is 29.1 Å². The Morgan fingerprint density at radius 1 is 1.05 bits per heavy atom. The standard InChI is InChI=1S/C14H16F5NO2/c1-3-22-13(21)14(2,5-4-6-20)7-8(15)10(17)12(19)11(18)9(7)16/h3-6,20H2,1-2H3. The average Bonchev–Trinajstić information content (AvgIpc) is 2.49. The van der Waals surface area contributed by atoms with Gasteiger partial charge < -0.3 is 10.5 Å². The molecule has 0 aliphatic rings. The highest BCUT2D eigenvalue weighted by molar-refractivity contribution is 5.83. The average molecular weight is 325 g/mol. The molecule has 1 aromatic rings. The molecular formula is C14H16F5NO2. The number of halogens is 5. The van der Waals surface area contributed by atoms with E-state index in [1.165, 1.54) is 6.92 Å². The summed E-state index contributed by atoms with van der Waals surface area (Å²) in [4.78, 5) is 12.0. The van der Waals surface area contributed by atoms with Crippen LogP contribution in [0.3, 0.4) is 0 Å². The maximum Gasteiger partial charge on any atom is 0.316 e. The van der Waals surface area contributed by atoms with Gasteiger partial charge in [0.2, 0.25) is 5.82 Å². The fourth-order valence-corrected chi connectivity index (χ4v) is 2.16. The van der Waals surface area contributed by atoms with E-state index in [2.05, 4.69) is 0 Å². The molecule has 8 heteroatoms. The molecule has 1 aromatic carbocycles. The fourth-order valence-electron chi connectivity index (χ4n) is 2.16. The van der Waals surface area contributed by atoms with Crippen molar-refractivity contribution >= 4 is 5.97 Å². The van der Waals surface area contributed by atoms with Crippen LogP contribution in [0.5, 0.6) is 0 Å². The number of carbonyl (C=O) groups is 1. The lowest BCUT2D eigenvalue weighted by molar-refractivity contribution is -0.150. The van der Waals surface area contributed by atoms with Crippen LogP contribution in [0.25, 0.3) is 0 Å². The summed E-state index contributed by atoms with van der Waals surface area (Å²) in [5, 5.41) is 0. The van der Waals surface area contributed by atoms with Gasteiger partial charge in [0.25, 0.3) is 0 Å². The van der Waals surface area contributed by atoms with Crippen molar-refractivity contribution in [3.05, 3.63) is 34.6 Å². The minimum absolute atomic E-state index is 0.0738. The largest absolute Gasteiger partial charge is 0.465 e. The summed E-state index contributed by atoms with van der Waals surface area (Å²) in [7, 11) is 0. The van der Waals surface area contributed by atoms with Crippen molar-refractivity contribution < 1.29 is 31.5 Å². The second-order valence-corrected chi connectivity index (χ2v) is 4.89. The zero-order chi connectivity index (χ0) is 17.1. The van der Waals surface area contributed by atoms with Crippen molar-refractivity contribution in [1.82, 2.24) is 0 Å². The van der Waals surface area contributed by atoms with Crippen molar-refractivity contribution in [2.75, 3.05) is 13.2 Å². The molecule has 22 heavy (non-hydrogen) atoms. The Bertz CT molecular complexity index is 550. The van der Waals surface area contributed by atoms with Gasteiger partial charge in [-0.2, -0.15) is 0 Å². The Kier molecular flexibility index (Phi) is 5.87. The van der Waals surface area contributed by atoms with Crippen LogP contribution in [0.1, 0.15) is 32.3 Å². The minimum Gasteiger partial charge on any atom is -0.465 e. The Balaban J connectivity index is 3.59. The second-order valence-electron chi connectivity index (χ2n) is 4.89. The van der Waals surface area contributed by atoms with Crippen LogP contribution in [-0.2, 0) is 14.9 Å². The molecule has 0 bridgehead atoms. The third-order valence-corrected chi connectivity index (χ3v) is 3.37. The Labute approximate surface area is 124 Å². The van der Waals surface area contributed by atoms with Crippen molar-refractivity contribution in [3.8, 4) is 0 Å². The van der Waals surface area contributed by atoms with E-state index in [9.17, 15) is 26.7 Å². The number of hydrogen-bond donors (Lipinski definition) is 1. The summed E-state index contributed by atoms with van der Waals surface area (Å²) in [6, 6.07) is 0. The van der Waals surface area contributed by atoms with E-state index in [4.69, 9.17) is 10.5 Å². The Hall–Kier alpha value is -1.70. The molecule has 0 aliphatic heterocycles. The molecule has 0 aliphatic carbocycles. The number of nitrogens with two attached hydrogens (primary N) is 1.